The summed E-state index contributed by atoms with van der Waals surface area (Å²) in [6, 6.07) is 9.25. The minimum Gasteiger partial charge on any atom is -0.497 e. The third-order valence-electron chi connectivity index (χ3n) is 5.89. The second-order valence-electron chi connectivity index (χ2n) is 8.25. The zero-order valence-corrected chi connectivity index (χ0v) is 20.7. The molecule has 0 spiro atoms. The van der Waals surface area contributed by atoms with E-state index >= 15 is 0 Å². The van der Waals surface area contributed by atoms with E-state index in [0.29, 0.717) is 30.8 Å². The van der Waals surface area contributed by atoms with Crippen molar-refractivity contribution in [1.82, 2.24) is 0 Å². The van der Waals surface area contributed by atoms with Crippen molar-refractivity contribution in [1.29, 1.82) is 0 Å². The van der Waals surface area contributed by atoms with E-state index in [9.17, 15) is 9.59 Å². The first-order valence-electron chi connectivity index (χ1n) is 11.1. The third-order valence-corrected chi connectivity index (χ3v) is 5.89. The van der Waals surface area contributed by atoms with Crippen LogP contribution in [0.25, 0.3) is 0 Å². The number of methoxy groups -OCH3 is 4. The van der Waals surface area contributed by atoms with Gasteiger partial charge in [0.25, 0.3) is 0 Å². The van der Waals surface area contributed by atoms with Gasteiger partial charge in [0.15, 0.2) is 0 Å². The first-order chi connectivity index (χ1) is 17.2. The average molecular weight is 503 g/mol. The zero-order chi connectivity index (χ0) is 26.3. The maximum Gasteiger partial charge on any atom is 0.376 e. The maximum absolute atomic E-state index is 12.7. The first-order valence-corrected chi connectivity index (χ1v) is 11.1. The van der Waals surface area contributed by atoms with Crippen molar-refractivity contribution in [2.75, 3.05) is 28.4 Å². The lowest BCUT2D eigenvalue weighted by atomic mass is 9.78. The van der Waals surface area contributed by atoms with Crippen LogP contribution in [0.15, 0.2) is 36.4 Å². The zero-order valence-electron chi connectivity index (χ0n) is 20.7. The van der Waals surface area contributed by atoms with Crippen LogP contribution in [-0.2, 0) is 19.6 Å². The Hall–Kier alpha value is -3.50. The molecule has 1 aliphatic rings. The molecule has 3 rings (SSSR count). The van der Waals surface area contributed by atoms with Crippen LogP contribution in [0.4, 0.5) is 0 Å². The predicted molar refractivity (Wildman–Crippen MR) is 127 cm³/mol. The fraction of sp³-hybridized carbons (Fsp3) is 0.385. The number of hydrogen-bond acceptors (Lipinski definition) is 10. The quantitative estimate of drug-likeness (QED) is 0.347. The standard InChI is InChI=1S/C26H30O10/c1-16-11-12-26(2,36-35-25(28)20-10-8-18(30-4)15-22(20)32-6)23(13-16)33-34-24(27)19-9-7-17(29-3)14-21(19)31-5/h7-10,14-16,23H,1-2,11-13H2,3-6H3. The largest absolute Gasteiger partial charge is 0.497 e. The monoisotopic (exact) mass is 502 g/mol. The molecule has 1 aliphatic carbocycles. The lowest BCUT2D eigenvalue weighted by Crippen LogP contribution is -2.49. The van der Waals surface area contributed by atoms with Gasteiger partial charge in [0.1, 0.15) is 45.8 Å². The Balaban J connectivity index is 1.69. The molecular weight excluding hydrogens is 472 g/mol. The van der Waals surface area contributed by atoms with Gasteiger partial charge in [0.05, 0.1) is 28.4 Å². The first kappa shape index (κ1) is 27.1. The van der Waals surface area contributed by atoms with Gasteiger partial charge < -0.3 is 18.9 Å². The lowest BCUT2D eigenvalue weighted by molar-refractivity contribution is -0.380. The molecule has 0 heterocycles. The summed E-state index contributed by atoms with van der Waals surface area (Å²) in [7, 11) is 5.83. The molecule has 0 saturated heterocycles. The Morgan fingerprint density at radius 3 is 1.86 bits per heavy atom. The van der Waals surface area contributed by atoms with Gasteiger partial charge in [-0.3, -0.25) is 9.78 Å². The number of carbonyl (C=O) groups excluding carboxylic acids is 2. The van der Waals surface area contributed by atoms with E-state index in [-0.39, 0.29) is 28.5 Å². The van der Waals surface area contributed by atoms with Crippen molar-refractivity contribution in [2.45, 2.75) is 31.0 Å². The van der Waals surface area contributed by atoms with Crippen molar-refractivity contribution in [3.8, 4) is 23.0 Å². The van der Waals surface area contributed by atoms with E-state index in [2.05, 4.69) is 13.8 Å². The summed E-state index contributed by atoms with van der Waals surface area (Å²) in [4.78, 5) is 46.5. The van der Waals surface area contributed by atoms with Crippen LogP contribution in [0.1, 0.15) is 40.0 Å². The Kier molecular flexibility index (Phi) is 9.00. The van der Waals surface area contributed by atoms with Crippen LogP contribution in [0, 0.1) is 19.8 Å². The van der Waals surface area contributed by atoms with Gasteiger partial charge in [-0.15, -0.1) is 0 Å². The molecule has 0 N–H and O–H groups in total. The molecule has 3 atom stereocenters. The summed E-state index contributed by atoms with van der Waals surface area (Å²) >= 11 is 0. The fourth-order valence-electron chi connectivity index (χ4n) is 3.71. The Bertz CT molecular complexity index is 1070. The van der Waals surface area contributed by atoms with Gasteiger partial charge in [-0.1, -0.05) is 6.92 Å². The van der Waals surface area contributed by atoms with Crippen molar-refractivity contribution in [3.05, 3.63) is 61.4 Å². The topological polar surface area (TPSA) is 108 Å². The van der Waals surface area contributed by atoms with Gasteiger partial charge in [-0.05, 0) is 56.4 Å². The highest BCUT2D eigenvalue weighted by Gasteiger charge is 2.45. The number of carbonyl (C=O) groups is 2. The van der Waals surface area contributed by atoms with Crippen molar-refractivity contribution in [2.24, 2.45) is 5.92 Å². The third kappa shape index (κ3) is 6.19. The van der Waals surface area contributed by atoms with Gasteiger partial charge >= 0.3 is 11.9 Å². The Morgan fingerprint density at radius 1 is 0.833 bits per heavy atom. The second kappa shape index (κ2) is 12.0. The molecule has 3 unspecified atom stereocenters. The highest BCUT2D eigenvalue weighted by Crippen LogP contribution is 2.37. The summed E-state index contributed by atoms with van der Waals surface area (Å²) in [6.07, 6.45) is 0.447. The SMILES string of the molecule is [CH2]C1CCC([CH2])(OOC(=O)c2ccc(OC)cc2OC)C(OOC(=O)c2ccc(OC)cc2OC)C1. The van der Waals surface area contributed by atoms with E-state index < -0.39 is 23.6 Å². The molecule has 1 fully saturated rings. The summed E-state index contributed by atoms with van der Waals surface area (Å²) in [6.45, 7) is 8.10. The van der Waals surface area contributed by atoms with Crippen molar-refractivity contribution < 1.29 is 48.1 Å². The van der Waals surface area contributed by atoms with Crippen LogP contribution < -0.4 is 18.9 Å². The molecule has 1 saturated carbocycles. The van der Waals surface area contributed by atoms with E-state index in [1.807, 2.05) is 0 Å². The van der Waals surface area contributed by atoms with Gasteiger partial charge in [-0.25, -0.2) is 9.59 Å². The molecule has 0 amide bonds. The molecule has 10 nitrogen and oxygen atoms in total. The lowest BCUT2D eigenvalue weighted by Gasteiger charge is -2.39. The van der Waals surface area contributed by atoms with Crippen LogP contribution >= 0.6 is 0 Å². The minimum atomic E-state index is -1.35. The van der Waals surface area contributed by atoms with Crippen LogP contribution in [0.3, 0.4) is 0 Å². The molecule has 2 aromatic carbocycles. The molecule has 2 radical (unpaired) electrons. The second-order valence-corrected chi connectivity index (χ2v) is 8.25. The van der Waals surface area contributed by atoms with Gasteiger partial charge in [0, 0.05) is 12.1 Å². The average Bonchev–Trinajstić information content (AvgIpc) is 2.91. The maximum atomic E-state index is 12.7. The van der Waals surface area contributed by atoms with Crippen molar-refractivity contribution >= 4 is 11.9 Å². The smallest absolute Gasteiger partial charge is 0.376 e. The number of ether oxygens (including phenoxy) is 4. The molecule has 194 valence electrons. The normalized spacial score (nSPS) is 21.3. The molecule has 2 aromatic rings. The van der Waals surface area contributed by atoms with E-state index in [1.54, 1.807) is 24.3 Å². The molecule has 0 bridgehead atoms. The number of hydrogen-bond donors (Lipinski definition) is 0. The molecule has 10 heteroatoms. The molecular formula is C26H30O10. The Labute approximate surface area is 210 Å². The number of benzene rings is 2. The van der Waals surface area contributed by atoms with E-state index in [1.165, 1.54) is 40.6 Å². The highest BCUT2D eigenvalue weighted by molar-refractivity contribution is 5.93. The van der Waals surface area contributed by atoms with Gasteiger partial charge in [0.2, 0.25) is 0 Å². The summed E-state index contributed by atoms with van der Waals surface area (Å²) in [5.74, 6) is -0.0811. The summed E-state index contributed by atoms with van der Waals surface area (Å²) < 4.78 is 20.8. The number of rotatable bonds is 10. The van der Waals surface area contributed by atoms with Crippen LogP contribution in [0.2, 0.25) is 0 Å². The van der Waals surface area contributed by atoms with Gasteiger partial charge in [-0.2, -0.15) is 9.78 Å². The fourth-order valence-corrected chi connectivity index (χ4v) is 3.71. The van der Waals surface area contributed by atoms with Crippen molar-refractivity contribution in [3.63, 3.8) is 0 Å². The minimum absolute atomic E-state index is 0.0138. The summed E-state index contributed by atoms with van der Waals surface area (Å²) in [5.41, 5.74) is -1.09. The molecule has 0 aliphatic heterocycles. The molecule has 36 heavy (non-hydrogen) atoms. The predicted octanol–water partition coefficient (Wildman–Crippen LogP) is 4.17. The van der Waals surface area contributed by atoms with Crippen LogP contribution in [0.5, 0.6) is 23.0 Å². The summed E-state index contributed by atoms with van der Waals surface area (Å²) in [5, 5.41) is 0. The van der Waals surface area contributed by atoms with E-state index in [0.717, 1.165) is 0 Å². The Morgan fingerprint density at radius 2 is 1.36 bits per heavy atom. The van der Waals surface area contributed by atoms with E-state index in [4.69, 9.17) is 38.5 Å². The highest BCUT2D eigenvalue weighted by atomic mass is 17.2. The van der Waals surface area contributed by atoms with Crippen LogP contribution in [-0.4, -0.2) is 52.1 Å². The molecule has 0 aromatic heterocycles.